The van der Waals surface area contributed by atoms with Crippen molar-refractivity contribution in [3.8, 4) is 0 Å². The zero-order valence-corrected chi connectivity index (χ0v) is 10.7. The summed E-state index contributed by atoms with van der Waals surface area (Å²) in [7, 11) is 0. The molecule has 0 aromatic carbocycles. The lowest BCUT2D eigenvalue weighted by molar-refractivity contribution is -0.0468. The molecular formula is C13H26N2O2. The van der Waals surface area contributed by atoms with Gasteiger partial charge < -0.3 is 15.2 Å². The van der Waals surface area contributed by atoms with Gasteiger partial charge in [-0.15, -0.1) is 0 Å². The van der Waals surface area contributed by atoms with Gasteiger partial charge in [0.25, 0.3) is 0 Å². The lowest BCUT2D eigenvalue weighted by Gasteiger charge is -2.35. The molecule has 0 aliphatic carbocycles. The van der Waals surface area contributed by atoms with Crippen molar-refractivity contribution in [1.82, 2.24) is 10.2 Å². The summed E-state index contributed by atoms with van der Waals surface area (Å²) in [5.41, 5.74) is 0. The number of aliphatic hydroxyl groups excluding tert-OH is 1. The van der Waals surface area contributed by atoms with Crippen LogP contribution in [0.2, 0.25) is 0 Å². The summed E-state index contributed by atoms with van der Waals surface area (Å²) >= 11 is 0. The Morgan fingerprint density at radius 3 is 3.12 bits per heavy atom. The standard InChI is InChI=1S/C13H26N2O2/c16-8-3-1-2-6-14-9-13-10-15-7-4-5-12(15)11-17-13/h12-14,16H,1-11H2. The van der Waals surface area contributed by atoms with Crippen molar-refractivity contribution in [3.05, 3.63) is 0 Å². The molecule has 4 heteroatoms. The van der Waals surface area contributed by atoms with Crippen molar-refractivity contribution in [1.29, 1.82) is 0 Å². The van der Waals surface area contributed by atoms with Gasteiger partial charge in [-0.05, 0) is 45.2 Å². The van der Waals surface area contributed by atoms with Crippen LogP contribution in [0.4, 0.5) is 0 Å². The smallest absolute Gasteiger partial charge is 0.0826 e. The molecule has 4 nitrogen and oxygen atoms in total. The summed E-state index contributed by atoms with van der Waals surface area (Å²) in [5, 5.41) is 12.1. The van der Waals surface area contributed by atoms with E-state index >= 15 is 0 Å². The second kappa shape index (κ2) is 7.31. The van der Waals surface area contributed by atoms with Crippen LogP contribution in [0.5, 0.6) is 0 Å². The van der Waals surface area contributed by atoms with E-state index in [-0.39, 0.29) is 0 Å². The molecular weight excluding hydrogens is 216 g/mol. The van der Waals surface area contributed by atoms with Gasteiger partial charge in [0.05, 0.1) is 12.7 Å². The van der Waals surface area contributed by atoms with E-state index < -0.39 is 0 Å². The molecule has 2 aliphatic heterocycles. The number of ether oxygens (including phenoxy) is 1. The highest BCUT2D eigenvalue weighted by molar-refractivity contribution is 4.85. The summed E-state index contributed by atoms with van der Waals surface area (Å²) < 4.78 is 5.88. The number of aliphatic hydroxyl groups is 1. The molecule has 2 atom stereocenters. The Morgan fingerprint density at radius 2 is 2.24 bits per heavy atom. The van der Waals surface area contributed by atoms with Crippen LogP contribution in [0, 0.1) is 0 Å². The maximum absolute atomic E-state index is 8.67. The Labute approximate surface area is 104 Å². The third-order valence-corrected chi connectivity index (χ3v) is 3.85. The number of fused-ring (bicyclic) bond motifs is 1. The average Bonchev–Trinajstić information content (AvgIpc) is 2.81. The molecule has 2 aliphatic rings. The van der Waals surface area contributed by atoms with Gasteiger partial charge >= 0.3 is 0 Å². The molecule has 0 saturated carbocycles. The summed E-state index contributed by atoms with van der Waals surface area (Å²) in [4.78, 5) is 2.58. The van der Waals surface area contributed by atoms with Crippen LogP contribution in [0.1, 0.15) is 32.1 Å². The van der Waals surface area contributed by atoms with Gasteiger partial charge in [0.15, 0.2) is 0 Å². The maximum atomic E-state index is 8.67. The van der Waals surface area contributed by atoms with E-state index in [0.717, 1.165) is 45.5 Å². The SMILES string of the molecule is OCCCCCNCC1CN2CCCC2CO1. The van der Waals surface area contributed by atoms with E-state index in [1.165, 1.54) is 19.4 Å². The molecule has 0 radical (unpaired) electrons. The molecule has 0 bridgehead atoms. The minimum absolute atomic E-state index is 0.322. The Kier molecular flexibility index (Phi) is 5.71. The number of rotatable bonds is 7. The van der Waals surface area contributed by atoms with Gasteiger partial charge in [0.2, 0.25) is 0 Å². The summed E-state index contributed by atoms with van der Waals surface area (Å²) in [6, 6.07) is 0.704. The van der Waals surface area contributed by atoms with Gasteiger partial charge in [0, 0.05) is 25.7 Å². The summed E-state index contributed by atoms with van der Waals surface area (Å²) in [6.07, 6.45) is 6.23. The van der Waals surface area contributed by atoms with Crippen LogP contribution in [0.3, 0.4) is 0 Å². The van der Waals surface area contributed by atoms with Crippen LogP contribution >= 0.6 is 0 Å². The predicted molar refractivity (Wildman–Crippen MR) is 68.1 cm³/mol. The number of hydrogen-bond acceptors (Lipinski definition) is 4. The minimum atomic E-state index is 0.322. The van der Waals surface area contributed by atoms with Crippen LogP contribution in [-0.4, -0.2) is 61.5 Å². The lowest BCUT2D eigenvalue weighted by Crippen LogP contribution is -2.49. The van der Waals surface area contributed by atoms with Gasteiger partial charge in [-0.25, -0.2) is 0 Å². The predicted octanol–water partition coefficient (Wildman–Crippen LogP) is 0.602. The van der Waals surface area contributed by atoms with E-state index in [0.29, 0.717) is 18.8 Å². The van der Waals surface area contributed by atoms with Gasteiger partial charge in [-0.1, -0.05) is 0 Å². The van der Waals surface area contributed by atoms with Crippen molar-refractivity contribution >= 4 is 0 Å². The van der Waals surface area contributed by atoms with Crippen LogP contribution in [-0.2, 0) is 4.74 Å². The Morgan fingerprint density at radius 1 is 1.29 bits per heavy atom. The zero-order chi connectivity index (χ0) is 11.9. The monoisotopic (exact) mass is 242 g/mol. The topological polar surface area (TPSA) is 44.7 Å². The van der Waals surface area contributed by atoms with E-state index in [9.17, 15) is 0 Å². The molecule has 2 fully saturated rings. The molecule has 0 aromatic heterocycles. The van der Waals surface area contributed by atoms with Crippen molar-refractivity contribution in [3.63, 3.8) is 0 Å². The van der Waals surface area contributed by atoms with E-state index in [1.54, 1.807) is 0 Å². The molecule has 0 aromatic rings. The number of nitrogens with zero attached hydrogens (tertiary/aromatic N) is 1. The first-order valence-electron chi connectivity index (χ1n) is 7.07. The fourth-order valence-corrected chi connectivity index (χ4v) is 2.81. The third kappa shape index (κ3) is 4.21. The Bertz CT molecular complexity index is 214. The van der Waals surface area contributed by atoms with Gasteiger partial charge in [0.1, 0.15) is 0 Å². The first-order chi connectivity index (χ1) is 8.40. The second-order valence-corrected chi connectivity index (χ2v) is 5.23. The molecule has 100 valence electrons. The summed E-state index contributed by atoms with van der Waals surface area (Å²) in [5.74, 6) is 0. The number of nitrogens with one attached hydrogen (secondary N) is 1. The highest BCUT2D eigenvalue weighted by Crippen LogP contribution is 2.22. The van der Waals surface area contributed by atoms with E-state index in [4.69, 9.17) is 9.84 Å². The highest BCUT2D eigenvalue weighted by Gasteiger charge is 2.31. The lowest BCUT2D eigenvalue weighted by atomic mass is 10.2. The van der Waals surface area contributed by atoms with Crippen LogP contribution in [0.25, 0.3) is 0 Å². The van der Waals surface area contributed by atoms with E-state index in [1.807, 2.05) is 0 Å². The molecule has 2 N–H and O–H groups in total. The Balaban J connectivity index is 1.51. The number of hydrogen-bond donors (Lipinski definition) is 2. The minimum Gasteiger partial charge on any atom is -0.396 e. The normalized spacial score (nSPS) is 29.5. The first kappa shape index (κ1) is 13.3. The van der Waals surface area contributed by atoms with Crippen molar-refractivity contribution in [2.75, 3.05) is 39.4 Å². The molecule has 17 heavy (non-hydrogen) atoms. The Hall–Kier alpha value is -0.160. The molecule has 2 saturated heterocycles. The second-order valence-electron chi connectivity index (χ2n) is 5.23. The van der Waals surface area contributed by atoms with Crippen molar-refractivity contribution < 1.29 is 9.84 Å². The molecule has 2 unspecified atom stereocenters. The largest absolute Gasteiger partial charge is 0.396 e. The molecule has 0 spiro atoms. The van der Waals surface area contributed by atoms with Crippen LogP contribution in [0.15, 0.2) is 0 Å². The number of unbranched alkanes of at least 4 members (excludes halogenated alkanes) is 2. The maximum Gasteiger partial charge on any atom is 0.0826 e. The molecule has 2 rings (SSSR count). The quantitative estimate of drug-likeness (QED) is 0.642. The molecule has 0 amide bonds. The van der Waals surface area contributed by atoms with Gasteiger partial charge in [-0.2, -0.15) is 0 Å². The summed E-state index contributed by atoms with van der Waals surface area (Å²) in [6.45, 7) is 5.64. The van der Waals surface area contributed by atoms with E-state index in [2.05, 4.69) is 10.2 Å². The zero-order valence-electron chi connectivity index (χ0n) is 10.7. The van der Waals surface area contributed by atoms with Crippen molar-refractivity contribution in [2.24, 2.45) is 0 Å². The highest BCUT2D eigenvalue weighted by atomic mass is 16.5. The average molecular weight is 242 g/mol. The fourth-order valence-electron chi connectivity index (χ4n) is 2.81. The van der Waals surface area contributed by atoms with Crippen molar-refractivity contribution in [2.45, 2.75) is 44.2 Å². The number of morpholine rings is 1. The van der Waals surface area contributed by atoms with Gasteiger partial charge in [-0.3, -0.25) is 4.90 Å². The first-order valence-corrected chi connectivity index (χ1v) is 7.07. The molecule has 2 heterocycles. The fraction of sp³-hybridized carbons (Fsp3) is 1.00. The third-order valence-electron chi connectivity index (χ3n) is 3.85. The van der Waals surface area contributed by atoms with Crippen LogP contribution < -0.4 is 5.32 Å².